The number of aryl methyl sites for hydroxylation is 1. The van der Waals surface area contributed by atoms with Gasteiger partial charge < -0.3 is 10.6 Å². The van der Waals surface area contributed by atoms with Gasteiger partial charge >= 0.3 is 0 Å². The van der Waals surface area contributed by atoms with Crippen LogP contribution < -0.4 is 10.6 Å². The van der Waals surface area contributed by atoms with E-state index in [1.165, 1.54) is 0 Å². The molecule has 0 unspecified atom stereocenters. The topological polar surface area (TPSA) is 54.0 Å². The van der Waals surface area contributed by atoms with E-state index >= 15 is 0 Å². The lowest BCUT2D eigenvalue weighted by molar-refractivity contribution is -0.122. The molecular weight excluding hydrogens is 222 g/mol. The Hall–Kier alpha value is -0.940. The molecule has 1 aliphatic heterocycles. The number of hydrogen-bond acceptors (Lipinski definition) is 4. The Bertz CT molecular complexity index is 358. The zero-order chi connectivity index (χ0) is 11.4. The third-order valence-corrected chi connectivity index (χ3v) is 3.71. The van der Waals surface area contributed by atoms with Crippen LogP contribution in [0.2, 0.25) is 0 Å². The van der Waals surface area contributed by atoms with Gasteiger partial charge in [-0.2, -0.15) is 0 Å². The molecule has 0 aliphatic carbocycles. The van der Waals surface area contributed by atoms with Gasteiger partial charge in [-0.3, -0.25) is 4.79 Å². The summed E-state index contributed by atoms with van der Waals surface area (Å²) in [5, 5.41) is 9.26. The van der Waals surface area contributed by atoms with Gasteiger partial charge in [-0.1, -0.05) is 0 Å². The van der Waals surface area contributed by atoms with Gasteiger partial charge in [0.1, 0.15) is 0 Å². The molecule has 4 nitrogen and oxygen atoms in total. The van der Waals surface area contributed by atoms with Crippen molar-refractivity contribution in [3.63, 3.8) is 0 Å². The van der Waals surface area contributed by atoms with E-state index in [2.05, 4.69) is 15.6 Å². The van der Waals surface area contributed by atoms with Gasteiger partial charge in [-0.05, 0) is 26.3 Å². The van der Waals surface area contributed by atoms with Crippen molar-refractivity contribution in [3.8, 4) is 0 Å². The van der Waals surface area contributed by atoms with Crippen LogP contribution >= 0.6 is 11.3 Å². The minimum atomic E-state index is 0.0260. The molecule has 88 valence electrons. The number of aromatic nitrogens is 1. The lowest BCUT2D eigenvalue weighted by Gasteiger charge is -2.09. The van der Waals surface area contributed by atoms with E-state index in [0.29, 0.717) is 6.54 Å². The lowest BCUT2D eigenvalue weighted by atomic mass is 10.2. The Kier molecular flexibility index (Phi) is 3.90. The van der Waals surface area contributed by atoms with Crippen LogP contribution in [0.3, 0.4) is 0 Å². The molecule has 0 aromatic carbocycles. The standard InChI is InChI=1S/C11H17N3OS/c1-8-7-16-10(14-8)4-6-13-11(15)9-3-2-5-12-9/h7,9,12H,2-6H2,1H3,(H,13,15)/t9-/m1/s1. The van der Waals surface area contributed by atoms with Gasteiger partial charge in [-0.15, -0.1) is 11.3 Å². The number of carbonyl (C=O) groups is 1. The summed E-state index contributed by atoms with van der Waals surface area (Å²) in [6.45, 7) is 3.63. The smallest absolute Gasteiger partial charge is 0.237 e. The minimum absolute atomic E-state index is 0.0260. The average Bonchev–Trinajstić information content (AvgIpc) is 2.89. The van der Waals surface area contributed by atoms with Crippen LogP contribution in [0.25, 0.3) is 0 Å². The number of rotatable bonds is 4. The largest absolute Gasteiger partial charge is 0.354 e. The molecule has 2 heterocycles. The Morgan fingerprint density at radius 1 is 1.75 bits per heavy atom. The first-order chi connectivity index (χ1) is 7.75. The molecule has 1 amide bonds. The predicted octanol–water partition coefficient (Wildman–Crippen LogP) is 0.862. The molecule has 1 aliphatic rings. The molecule has 1 aromatic rings. The van der Waals surface area contributed by atoms with Crippen molar-refractivity contribution >= 4 is 17.2 Å². The molecule has 1 saturated heterocycles. The fraction of sp³-hybridized carbons (Fsp3) is 0.636. The third kappa shape index (κ3) is 3.02. The fourth-order valence-electron chi connectivity index (χ4n) is 1.84. The van der Waals surface area contributed by atoms with Crippen molar-refractivity contribution in [2.45, 2.75) is 32.2 Å². The highest BCUT2D eigenvalue weighted by atomic mass is 32.1. The molecule has 1 fully saturated rings. The zero-order valence-electron chi connectivity index (χ0n) is 9.45. The SMILES string of the molecule is Cc1csc(CCNC(=O)[C@H]2CCCN2)n1. The van der Waals surface area contributed by atoms with Crippen molar-refractivity contribution < 1.29 is 4.79 Å². The monoisotopic (exact) mass is 239 g/mol. The Morgan fingerprint density at radius 2 is 2.62 bits per heavy atom. The first-order valence-electron chi connectivity index (χ1n) is 5.68. The van der Waals surface area contributed by atoms with E-state index in [9.17, 15) is 4.79 Å². The lowest BCUT2D eigenvalue weighted by Crippen LogP contribution is -2.41. The van der Waals surface area contributed by atoms with Gasteiger partial charge in [0.05, 0.1) is 11.0 Å². The normalized spacial score (nSPS) is 19.9. The summed E-state index contributed by atoms with van der Waals surface area (Å²) in [7, 11) is 0. The Morgan fingerprint density at radius 3 is 3.25 bits per heavy atom. The summed E-state index contributed by atoms with van der Waals surface area (Å²) in [5.41, 5.74) is 1.06. The van der Waals surface area contributed by atoms with Gasteiger partial charge in [0.15, 0.2) is 0 Å². The zero-order valence-corrected chi connectivity index (χ0v) is 10.3. The van der Waals surface area contributed by atoms with Crippen molar-refractivity contribution in [3.05, 3.63) is 16.1 Å². The summed E-state index contributed by atoms with van der Waals surface area (Å²) < 4.78 is 0. The van der Waals surface area contributed by atoms with E-state index < -0.39 is 0 Å². The van der Waals surface area contributed by atoms with Crippen LogP contribution in [0.4, 0.5) is 0 Å². The van der Waals surface area contributed by atoms with Crippen molar-refractivity contribution in [1.82, 2.24) is 15.6 Å². The second-order valence-electron chi connectivity index (χ2n) is 4.07. The van der Waals surface area contributed by atoms with Crippen LogP contribution in [-0.4, -0.2) is 30.0 Å². The Balaban J connectivity index is 1.69. The maximum absolute atomic E-state index is 11.7. The van der Waals surface area contributed by atoms with Crippen molar-refractivity contribution in [2.75, 3.05) is 13.1 Å². The van der Waals surface area contributed by atoms with E-state index in [4.69, 9.17) is 0 Å². The maximum Gasteiger partial charge on any atom is 0.237 e. The molecule has 2 rings (SSSR count). The third-order valence-electron chi connectivity index (χ3n) is 2.68. The number of amides is 1. The molecule has 0 spiro atoms. The van der Waals surface area contributed by atoms with Crippen LogP contribution in [0.5, 0.6) is 0 Å². The number of nitrogens with one attached hydrogen (secondary N) is 2. The molecule has 1 aromatic heterocycles. The van der Waals surface area contributed by atoms with Crippen molar-refractivity contribution in [2.24, 2.45) is 0 Å². The second-order valence-corrected chi connectivity index (χ2v) is 5.02. The Labute approximate surface area is 99.5 Å². The molecule has 2 N–H and O–H groups in total. The molecular formula is C11H17N3OS. The van der Waals surface area contributed by atoms with Gasteiger partial charge in [-0.25, -0.2) is 4.98 Å². The number of carbonyl (C=O) groups excluding carboxylic acids is 1. The highest BCUT2D eigenvalue weighted by Gasteiger charge is 2.21. The number of hydrogen-bond donors (Lipinski definition) is 2. The molecule has 0 saturated carbocycles. The summed E-state index contributed by atoms with van der Waals surface area (Å²) in [6.07, 6.45) is 2.89. The quantitative estimate of drug-likeness (QED) is 0.819. The molecule has 0 bridgehead atoms. The molecule has 1 atom stereocenters. The van der Waals surface area contributed by atoms with Crippen LogP contribution in [0.1, 0.15) is 23.5 Å². The maximum atomic E-state index is 11.7. The minimum Gasteiger partial charge on any atom is -0.354 e. The highest BCUT2D eigenvalue weighted by Crippen LogP contribution is 2.09. The van der Waals surface area contributed by atoms with Crippen LogP contribution in [0, 0.1) is 6.92 Å². The summed E-state index contributed by atoms with van der Waals surface area (Å²) in [4.78, 5) is 16.0. The number of thiazole rings is 1. The van der Waals surface area contributed by atoms with Gasteiger partial charge in [0, 0.05) is 24.0 Å². The van der Waals surface area contributed by atoms with Gasteiger partial charge in [0.25, 0.3) is 0 Å². The van der Waals surface area contributed by atoms with Crippen LogP contribution in [-0.2, 0) is 11.2 Å². The fourth-order valence-corrected chi connectivity index (χ4v) is 2.62. The first kappa shape index (κ1) is 11.5. The summed E-state index contributed by atoms with van der Waals surface area (Å²) >= 11 is 1.66. The summed E-state index contributed by atoms with van der Waals surface area (Å²) in [6, 6.07) is 0.0260. The molecule has 0 radical (unpaired) electrons. The van der Waals surface area contributed by atoms with E-state index in [1.807, 2.05) is 12.3 Å². The van der Waals surface area contributed by atoms with Crippen LogP contribution in [0.15, 0.2) is 5.38 Å². The van der Waals surface area contributed by atoms with Gasteiger partial charge in [0.2, 0.25) is 5.91 Å². The summed E-state index contributed by atoms with van der Waals surface area (Å²) in [5.74, 6) is 0.130. The first-order valence-corrected chi connectivity index (χ1v) is 6.56. The van der Waals surface area contributed by atoms with E-state index in [1.54, 1.807) is 11.3 Å². The molecule has 16 heavy (non-hydrogen) atoms. The van der Waals surface area contributed by atoms with E-state index in [0.717, 1.165) is 36.5 Å². The highest BCUT2D eigenvalue weighted by molar-refractivity contribution is 7.09. The predicted molar refractivity (Wildman–Crippen MR) is 64.6 cm³/mol. The van der Waals surface area contributed by atoms with E-state index in [-0.39, 0.29) is 11.9 Å². The second kappa shape index (κ2) is 5.41. The number of nitrogens with zero attached hydrogens (tertiary/aromatic N) is 1. The molecule has 5 heteroatoms. The average molecular weight is 239 g/mol. The van der Waals surface area contributed by atoms with Crippen molar-refractivity contribution in [1.29, 1.82) is 0 Å².